The number of hydrogen-bond acceptors (Lipinski definition) is 8. The molecule has 1 aromatic carbocycles. The minimum Gasteiger partial charge on any atom is -0.493 e. The number of hydrogen-bond donors (Lipinski definition) is 0. The van der Waals surface area contributed by atoms with Crippen molar-refractivity contribution in [2.45, 2.75) is 6.92 Å². The van der Waals surface area contributed by atoms with E-state index in [1.54, 1.807) is 43.3 Å². The molecule has 1 aliphatic heterocycles. The summed E-state index contributed by atoms with van der Waals surface area (Å²) >= 11 is 0. The second-order valence-electron chi connectivity index (χ2n) is 5.32. The van der Waals surface area contributed by atoms with E-state index >= 15 is 0 Å². The molecule has 8 nitrogen and oxygen atoms in total. The fraction of sp³-hybridized carbons (Fsp3) is 0.211. The Labute approximate surface area is 155 Å². The molecular weight excluding hydrogens is 354 g/mol. The van der Waals surface area contributed by atoms with Crippen LogP contribution in [-0.2, 0) is 19.1 Å². The number of cyclic esters (lactones) is 1. The highest BCUT2D eigenvalue weighted by molar-refractivity contribution is 6.11. The van der Waals surface area contributed by atoms with E-state index in [9.17, 15) is 9.59 Å². The normalized spacial score (nSPS) is 14.7. The van der Waals surface area contributed by atoms with Crippen LogP contribution in [0.4, 0.5) is 0 Å². The van der Waals surface area contributed by atoms with Crippen LogP contribution < -0.4 is 9.47 Å². The fourth-order valence-electron chi connectivity index (χ4n) is 2.31. The van der Waals surface area contributed by atoms with Crippen molar-refractivity contribution in [3.63, 3.8) is 0 Å². The largest absolute Gasteiger partial charge is 0.493 e. The van der Waals surface area contributed by atoms with Gasteiger partial charge in [-0.2, -0.15) is 0 Å². The van der Waals surface area contributed by atoms with Crippen molar-refractivity contribution < 1.29 is 33.0 Å². The molecule has 0 amide bonds. The zero-order chi connectivity index (χ0) is 19.2. The van der Waals surface area contributed by atoms with Crippen LogP contribution in [0.5, 0.6) is 11.5 Å². The first kappa shape index (κ1) is 18.2. The Morgan fingerprint density at radius 3 is 2.81 bits per heavy atom. The van der Waals surface area contributed by atoms with Gasteiger partial charge in [-0.05, 0) is 42.8 Å². The molecule has 140 valence electrons. The molecule has 0 bridgehead atoms. The summed E-state index contributed by atoms with van der Waals surface area (Å²) in [5, 5.41) is 0. The van der Waals surface area contributed by atoms with E-state index in [1.807, 2.05) is 0 Å². The molecule has 0 atom stereocenters. The van der Waals surface area contributed by atoms with Crippen molar-refractivity contribution in [2.75, 3.05) is 20.3 Å². The smallest absolute Gasteiger partial charge is 0.363 e. The SMILES string of the molecule is CCOC(=O)COc1ccc(C=C2N=C(c3ccco3)OC2=O)cc1OC. The molecule has 0 unspecified atom stereocenters. The van der Waals surface area contributed by atoms with E-state index in [2.05, 4.69) is 4.99 Å². The number of nitrogens with zero attached hydrogens (tertiary/aromatic N) is 1. The molecule has 0 saturated carbocycles. The van der Waals surface area contributed by atoms with Crippen molar-refractivity contribution in [3.05, 3.63) is 53.6 Å². The first-order chi connectivity index (χ1) is 13.1. The van der Waals surface area contributed by atoms with Gasteiger partial charge in [0.1, 0.15) is 0 Å². The standard InChI is InChI=1S/C19H17NO7/c1-3-24-17(21)11-26-14-7-6-12(10-16(14)23-2)9-13-19(22)27-18(20-13)15-5-4-8-25-15/h4-10H,3,11H2,1-2H3. The van der Waals surface area contributed by atoms with Crippen molar-refractivity contribution in [1.29, 1.82) is 0 Å². The van der Waals surface area contributed by atoms with E-state index in [0.717, 1.165) is 0 Å². The minimum atomic E-state index is -0.581. The number of aliphatic imine (C=N–C) groups is 1. The van der Waals surface area contributed by atoms with Crippen LogP contribution in [0, 0.1) is 0 Å². The molecule has 1 aromatic heterocycles. The molecule has 0 radical (unpaired) electrons. The van der Waals surface area contributed by atoms with Crippen LogP contribution in [0.2, 0.25) is 0 Å². The van der Waals surface area contributed by atoms with Gasteiger partial charge < -0.3 is 23.4 Å². The number of methoxy groups -OCH3 is 1. The summed E-state index contributed by atoms with van der Waals surface area (Å²) in [6.07, 6.45) is 3.02. The van der Waals surface area contributed by atoms with Gasteiger partial charge in [0.15, 0.2) is 29.6 Å². The average molecular weight is 371 g/mol. The summed E-state index contributed by atoms with van der Waals surface area (Å²) in [5.74, 6) is 0.198. The second-order valence-corrected chi connectivity index (χ2v) is 5.32. The number of carbonyl (C=O) groups is 2. The van der Waals surface area contributed by atoms with Crippen LogP contribution in [0.1, 0.15) is 18.2 Å². The number of esters is 2. The third kappa shape index (κ3) is 4.35. The predicted octanol–water partition coefficient (Wildman–Crippen LogP) is 2.57. The van der Waals surface area contributed by atoms with Gasteiger partial charge >= 0.3 is 11.9 Å². The molecule has 27 heavy (non-hydrogen) atoms. The molecule has 0 N–H and O–H groups in total. The van der Waals surface area contributed by atoms with Gasteiger partial charge in [-0.25, -0.2) is 14.6 Å². The fourth-order valence-corrected chi connectivity index (χ4v) is 2.31. The summed E-state index contributed by atoms with van der Waals surface area (Å²) in [4.78, 5) is 27.5. The molecule has 2 heterocycles. The van der Waals surface area contributed by atoms with Gasteiger partial charge in [0.05, 0.1) is 20.0 Å². The number of benzene rings is 1. The molecule has 0 saturated heterocycles. The predicted molar refractivity (Wildman–Crippen MR) is 94.4 cm³/mol. The lowest BCUT2D eigenvalue weighted by molar-refractivity contribution is -0.145. The first-order valence-corrected chi connectivity index (χ1v) is 8.13. The first-order valence-electron chi connectivity index (χ1n) is 8.13. The summed E-state index contributed by atoms with van der Waals surface area (Å²) in [5.41, 5.74) is 0.773. The highest BCUT2D eigenvalue weighted by atomic mass is 16.6. The van der Waals surface area contributed by atoms with Crippen LogP contribution >= 0.6 is 0 Å². The maximum absolute atomic E-state index is 12.0. The lowest BCUT2D eigenvalue weighted by Crippen LogP contribution is -2.14. The van der Waals surface area contributed by atoms with Crippen LogP contribution in [0.3, 0.4) is 0 Å². The lowest BCUT2D eigenvalue weighted by atomic mass is 10.1. The van der Waals surface area contributed by atoms with Crippen LogP contribution in [0.15, 0.2) is 51.7 Å². The summed E-state index contributed by atoms with van der Waals surface area (Å²) < 4.78 is 25.8. The minimum absolute atomic E-state index is 0.109. The Morgan fingerprint density at radius 1 is 1.26 bits per heavy atom. The van der Waals surface area contributed by atoms with Crippen LogP contribution in [-0.4, -0.2) is 38.2 Å². The van der Waals surface area contributed by atoms with Crippen molar-refractivity contribution in [3.8, 4) is 11.5 Å². The number of carbonyl (C=O) groups excluding carboxylic acids is 2. The third-order valence-corrected chi connectivity index (χ3v) is 3.49. The maximum atomic E-state index is 12.0. The Hall–Kier alpha value is -3.55. The molecule has 0 spiro atoms. The second kappa shape index (κ2) is 8.22. The summed E-state index contributed by atoms with van der Waals surface area (Å²) in [6.45, 7) is 1.77. The van der Waals surface area contributed by atoms with Gasteiger partial charge in [0.2, 0.25) is 0 Å². The molecule has 3 rings (SSSR count). The van der Waals surface area contributed by atoms with Crippen molar-refractivity contribution in [1.82, 2.24) is 0 Å². The Balaban J connectivity index is 1.78. The molecule has 0 aliphatic carbocycles. The van der Waals surface area contributed by atoms with Gasteiger partial charge in [-0.15, -0.1) is 0 Å². The third-order valence-electron chi connectivity index (χ3n) is 3.49. The quantitative estimate of drug-likeness (QED) is 0.545. The lowest BCUT2D eigenvalue weighted by Gasteiger charge is -2.10. The molecule has 2 aromatic rings. The zero-order valence-corrected chi connectivity index (χ0v) is 14.8. The van der Waals surface area contributed by atoms with Gasteiger partial charge in [0.25, 0.3) is 5.90 Å². The molecule has 1 aliphatic rings. The summed E-state index contributed by atoms with van der Waals surface area (Å²) in [7, 11) is 1.47. The monoisotopic (exact) mass is 371 g/mol. The maximum Gasteiger partial charge on any atom is 0.363 e. The van der Waals surface area contributed by atoms with E-state index in [1.165, 1.54) is 13.4 Å². The number of rotatable bonds is 7. The summed E-state index contributed by atoms with van der Waals surface area (Å²) in [6, 6.07) is 8.30. The molecule has 8 heteroatoms. The van der Waals surface area contributed by atoms with Crippen LogP contribution in [0.25, 0.3) is 6.08 Å². The highest BCUT2D eigenvalue weighted by Gasteiger charge is 2.25. The van der Waals surface area contributed by atoms with E-state index in [-0.39, 0.29) is 24.8 Å². The average Bonchev–Trinajstić information content (AvgIpc) is 3.31. The van der Waals surface area contributed by atoms with Crippen molar-refractivity contribution >= 4 is 23.9 Å². The Kier molecular flexibility index (Phi) is 5.55. The van der Waals surface area contributed by atoms with Crippen molar-refractivity contribution in [2.24, 2.45) is 4.99 Å². The topological polar surface area (TPSA) is 96.6 Å². The van der Waals surface area contributed by atoms with Gasteiger partial charge in [-0.1, -0.05) is 6.07 Å². The highest BCUT2D eigenvalue weighted by Crippen LogP contribution is 2.29. The van der Waals surface area contributed by atoms with E-state index < -0.39 is 11.9 Å². The van der Waals surface area contributed by atoms with Gasteiger partial charge in [0, 0.05) is 0 Å². The number of furan rings is 1. The zero-order valence-electron chi connectivity index (χ0n) is 14.8. The molecule has 0 fully saturated rings. The van der Waals surface area contributed by atoms with Gasteiger partial charge in [-0.3, -0.25) is 0 Å². The Morgan fingerprint density at radius 2 is 2.11 bits per heavy atom. The van der Waals surface area contributed by atoms with E-state index in [4.69, 9.17) is 23.4 Å². The Bertz CT molecular complexity index is 897. The molecular formula is C19H17NO7. The van der Waals surface area contributed by atoms with E-state index in [0.29, 0.717) is 22.8 Å². The number of ether oxygens (including phenoxy) is 4.